The van der Waals surface area contributed by atoms with Crippen LogP contribution in [0.4, 0.5) is 0 Å². The Morgan fingerprint density at radius 2 is 2.29 bits per heavy atom. The van der Waals surface area contributed by atoms with Gasteiger partial charge in [0.05, 0.1) is 17.6 Å². The van der Waals surface area contributed by atoms with E-state index in [0.29, 0.717) is 25.2 Å². The van der Waals surface area contributed by atoms with Gasteiger partial charge in [-0.15, -0.1) is 0 Å². The summed E-state index contributed by atoms with van der Waals surface area (Å²) >= 11 is 0. The molecule has 1 atom stereocenters. The number of amides is 1. The third kappa shape index (κ3) is 3.21. The topological polar surface area (TPSA) is 109 Å². The summed E-state index contributed by atoms with van der Waals surface area (Å²) in [4.78, 5) is 14.5. The summed E-state index contributed by atoms with van der Waals surface area (Å²) < 4.78 is 28.8. The van der Waals surface area contributed by atoms with E-state index in [0.717, 1.165) is 24.8 Å². The van der Waals surface area contributed by atoms with Gasteiger partial charge < -0.3 is 9.42 Å². The number of rotatable bonds is 4. The fourth-order valence-corrected chi connectivity index (χ4v) is 3.86. The van der Waals surface area contributed by atoms with Crippen molar-refractivity contribution < 1.29 is 17.7 Å². The first-order valence-corrected chi connectivity index (χ1v) is 9.77. The van der Waals surface area contributed by atoms with Crippen molar-refractivity contribution >= 4 is 15.7 Å². The molecular formula is C15H20N4O4S. The third-order valence-corrected chi connectivity index (χ3v) is 5.40. The lowest BCUT2D eigenvalue weighted by Gasteiger charge is -2.31. The lowest BCUT2D eigenvalue weighted by atomic mass is 9.94. The minimum absolute atomic E-state index is 0.0940. The molecule has 3 rings (SSSR count). The average molecular weight is 352 g/mol. The number of aromatic nitrogens is 3. The fraction of sp³-hybridized carbons (Fsp3) is 0.533. The van der Waals surface area contributed by atoms with Crippen LogP contribution in [0.3, 0.4) is 0 Å². The highest BCUT2D eigenvalue weighted by Gasteiger charge is 2.31. The smallest absolute Gasteiger partial charge is 0.292 e. The summed E-state index contributed by atoms with van der Waals surface area (Å²) in [6.07, 6.45) is 4.77. The Balaban J connectivity index is 1.80. The van der Waals surface area contributed by atoms with E-state index in [1.165, 1.54) is 6.20 Å². The van der Waals surface area contributed by atoms with Crippen LogP contribution in [-0.4, -0.2) is 53.9 Å². The summed E-state index contributed by atoms with van der Waals surface area (Å²) in [6.45, 7) is 2.97. The Morgan fingerprint density at radius 3 is 2.96 bits per heavy atom. The Hall–Kier alpha value is -2.16. The first-order chi connectivity index (χ1) is 11.4. The zero-order valence-corrected chi connectivity index (χ0v) is 14.5. The number of sulfone groups is 1. The van der Waals surface area contributed by atoms with Gasteiger partial charge in [0.2, 0.25) is 5.76 Å². The van der Waals surface area contributed by atoms with Crippen LogP contribution in [-0.2, 0) is 16.3 Å². The van der Waals surface area contributed by atoms with Gasteiger partial charge in [0.15, 0.2) is 9.84 Å². The standard InChI is InChI=1S/C15H20N4O4S/c1-3-11-7-12(23-18-11)15(20)19-6-4-5-10(9-19)14-13(8-16-17-14)24(2,21)22/h7-8,10H,3-6,9H2,1-2H3,(H,16,17). The van der Waals surface area contributed by atoms with Crippen molar-refractivity contribution in [1.82, 2.24) is 20.3 Å². The zero-order chi connectivity index (χ0) is 17.3. The highest BCUT2D eigenvalue weighted by molar-refractivity contribution is 7.90. The minimum atomic E-state index is -3.36. The molecule has 0 spiro atoms. The number of carbonyl (C=O) groups is 1. The van der Waals surface area contributed by atoms with Crippen molar-refractivity contribution in [1.29, 1.82) is 0 Å². The molecule has 1 aliphatic heterocycles. The second kappa shape index (κ2) is 6.39. The van der Waals surface area contributed by atoms with E-state index in [2.05, 4.69) is 15.4 Å². The maximum absolute atomic E-state index is 12.6. The van der Waals surface area contributed by atoms with Crippen LogP contribution in [0.5, 0.6) is 0 Å². The van der Waals surface area contributed by atoms with Crippen LogP contribution in [0.25, 0.3) is 0 Å². The molecule has 0 saturated carbocycles. The summed E-state index contributed by atoms with van der Waals surface area (Å²) in [5.41, 5.74) is 1.31. The number of nitrogens with one attached hydrogen (secondary N) is 1. The highest BCUT2D eigenvalue weighted by Crippen LogP contribution is 2.30. The van der Waals surface area contributed by atoms with Gasteiger partial charge in [0.25, 0.3) is 5.91 Å². The quantitative estimate of drug-likeness (QED) is 0.890. The Kier molecular flexibility index (Phi) is 4.44. The van der Waals surface area contributed by atoms with Gasteiger partial charge >= 0.3 is 0 Å². The maximum atomic E-state index is 12.6. The molecule has 1 fully saturated rings. The minimum Gasteiger partial charge on any atom is -0.351 e. The molecule has 1 unspecified atom stereocenters. The summed E-state index contributed by atoms with van der Waals surface area (Å²) in [7, 11) is -3.36. The molecule has 0 aromatic carbocycles. The van der Waals surface area contributed by atoms with Gasteiger partial charge in [-0.1, -0.05) is 12.1 Å². The largest absolute Gasteiger partial charge is 0.351 e. The molecule has 3 heterocycles. The van der Waals surface area contributed by atoms with Crippen LogP contribution < -0.4 is 0 Å². The van der Waals surface area contributed by atoms with Gasteiger partial charge in [0, 0.05) is 31.3 Å². The van der Waals surface area contributed by atoms with Crippen molar-refractivity contribution in [2.45, 2.75) is 37.0 Å². The zero-order valence-electron chi connectivity index (χ0n) is 13.7. The predicted molar refractivity (Wildman–Crippen MR) is 85.5 cm³/mol. The lowest BCUT2D eigenvalue weighted by molar-refractivity contribution is 0.0663. The normalized spacial score (nSPS) is 18.8. The first-order valence-electron chi connectivity index (χ1n) is 7.88. The van der Waals surface area contributed by atoms with Crippen LogP contribution >= 0.6 is 0 Å². The third-order valence-electron chi connectivity index (χ3n) is 4.28. The molecular weight excluding hydrogens is 332 g/mol. The van der Waals surface area contributed by atoms with E-state index in [1.54, 1.807) is 11.0 Å². The maximum Gasteiger partial charge on any atom is 0.292 e. The van der Waals surface area contributed by atoms with Crippen LogP contribution in [0.1, 0.15) is 47.6 Å². The molecule has 0 radical (unpaired) electrons. The number of H-pyrrole nitrogens is 1. The van der Waals surface area contributed by atoms with Crippen molar-refractivity contribution in [2.75, 3.05) is 19.3 Å². The number of hydrogen-bond donors (Lipinski definition) is 1. The number of nitrogens with zero attached hydrogens (tertiary/aromatic N) is 3. The van der Waals surface area contributed by atoms with Gasteiger partial charge in [0.1, 0.15) is 4.90 Å². The van der Waals surface area contributed by atoms with Gasteiger partial charge in [-0.05, 0) is 19.3 Å². The van der Waals surface area contributed by atoms with Gasteiger partial charge in [-0.25, -0.2) is 8.42 Å². The average Bonchev–Trinajstić information content (AvgIpc) is 3.23. The number of aromatic amines is 1. The van der Waals surface area contributed by atoms with Crippen molar-refractivity contribution in [3.63, 3.8) is 0 Å². The summed E-state index contributed by atoms with van der Waals surface area (Å²) in [5.74, 6) is -0.0868. The van der Waals surface area contributed by atoms with E-state index in [-0.39, 0.29) is 22.5 Å². The molecule has 1 N–H and O–H groups in total. The van der Waals surface area contributed by atoms with E-state index in [1.807, 2.05) is 6.92 Å². The molecule has 8 nitrogen and oxygen atoms in total. The molecule has 1 amide bonds. The van der Waals surface area contributed by atoms with Crippen molar-refractivity contribution in [3.8, 4) is 0 Å². The number of hydrogen-bond acceptors (Lipinski definition) is 6. The second-order valence-electron chi connectivity index (χ2n) is 6.05. The van der Waals surface area contributed by atoms with E-state index < -0.39 is 9.84 Å². The Morgan fingerprint density at radius 1 is 1.50 bits per heavy atom. The highest BCUT2D eigenvalue weighted by atomic mass is 32.2. The van der Waals surface area contributed by atoms with Crippen LogP contribution in [0, 0.1) is 0 Å². The first kappa shape index (κ1) is 16.7. The fourth-order valence-electron chi connectivity index (χ4n) is 3.01. The van der Waals surface area contributed by atoms with E-state index in [4.69, 9.17) is 4.52 Å². The molecule has 1 aliphatic rings. The van der Waals surface area contributed by atoms with Crippen molar-refractivity contribution in [3.05, 3.63) is 29.4 Å². The molecule has 0 bridgehead atoms. The van der Waals surface area contributed by atoms with Crippen LogP contribution in [0.2, 0.25) is 0 Å². The molecule has 24 heavy (non-hydrogen) atoms. The predicted octanol–water partition coefficient (Wildman–Crippen LogP) is 1.38. The number of likely N-dealkylation sites (tertiary alicyclic amines) is 1. The summed E-state index contributed by atoms with van der Waals surface area (Å²) in [5, 5.41) is 10.5. The monoisotopic (exact) mass is 352 g/mol. The second-order valence-corrected chi connectivity index (χ2v) is 8.03. The Bertz CT molecular complexity index is 839. The molecule has 1 saturated heterocycles. The van der Waals surface area contributed by atoms with E-state index in [9.17, 15) is 13.2 Å². The number of carbonyl (C=O) groups excluding carboxylic acids is 1. The van der Waals surface area contributed by atoms with Gasteiger partial charge in [-0.3, -0.25) is 9.89 Å². The SMILES string of the molecule is CCc1cc(C(=O)N2CCCC(c3[nH]ncc3S(C)(=O)=O)C2)on1. The Labute approximate surface area is 140 Å². The molecule has 9 heteroatoms. The lowest BCUT2D eigenvalue weighted by Crippen LogP contribution is -2.39. The number of aryl methyl sites for hydroxylation is 1. The molecule has 0 aliphatic carbocycles. The van der Waals surface area contributed by atoms with E-state index >= 15 is 0 Å². The van der Waals surface area contributed by atoms with Crippen LogP contribution in [0.15, 0.2) is 21.7 Å². The molecule has 130 valence electrons. The van der Waals surface area contributed by atoms with Gasteiger partial charge in [-0.2, -0.15) is 5.10 Å². The molecule has 2 aromatic rings. The van der Waals surface area contributed by atoms with Crippen molar-refractivity contribution in [2.24, 2.45) is 0 Å². The number of piperidine rings is 1. The molecule has 2 aromatic heterocycles. The summed E-state index contributed by atoms with van der Waals surface area (Å²) in [6, 6.07) is 1.66.